The monoisotopic (exact) mass is 323 g/mol. The second-order valence-corrected chi connectivity index (χ2v) is 5.60. The van der Waals surface area contributed by atoms with E-state index in [4.69, 9.17) is 17.3 Å². The van der Waals surface area contributed by atoms with Crippen molar-refractivity contribution in [3.05, 3.63) is 39.0 Å². The van der Waals surface area contributed by atoms with Gasteiger partial charge in [0.05, 0.1) is 5.02 Å². The summed E-state index contributed by atoms with van der Waals surface area (Å²) in [6.45, 7) is 0. The number of nitrogen functional groups attached to an aromatic ring is 1. The zero-order valence-electron chi connectivity index (χ0n) is 9.58. The minimum atomic E-state index is 0.610. The lowest BCUT2D eigenvalue weighted by molar-refractivity contribution is 0.900. The van der Waals surface area contributed by atoms with Crippen LogP contribution in [0.4, 0.5) is 5.82 Å². The van der Waals surface area contributed by atoms with E-state index in [0.29, 0.717) is 16.7 Å². The van der Waals surface area contributed by atoms with E-state index in [0.717, 1.165) is 40.6 Å². The number of nitrogens with two attached hydrogens (primary N) is 1. The Balaban J connectivity index is 2.12. The highest BCUT2D eigenvalue weighted by Gasteiger charge is 2.18. The summed E-state index contributed by atoms with van der Waals surface area (Å²) in [4.78, 5) is 8.99. The van der Waals surface area contributed by atoms with Crippen molar-refractivity contribution in [3.63, 3.8) is 0 Å². The van der Waals surface area contributed by atoms with Gasteiger partial charge in [-0.25, -0.2) is 9.97 Å². The van der Waals surface area contributed by atoms with Crippen molar-refractivity contribution in [3.8, 4) is 11.4 Å². The second-order valence-electron chi connectivity index (χ2n) is 4.34. The molecule has 0 saturated heterocycles. The molecule has 1 aromatic heterocycles. The van der Waals surface area contributed by atoms with Gasteiger partial charge in [0.25, 0.3) is 0 Å². The average Bonchev–Trinajstić information content (AvgIpc) is 2.81. The molecule has 2 N–H and O–H groups in total. The molecule has 1 aliphatic rings. The number of aryl methyl sites for hydroxylation is 1. The van der Waals surface area contributed by atoms with Crippen LogP contribution >= 0.6 is 27.5 Å². The van der Waals surface area contributed by atoms with E-state index in [1.807, 2.05) is 18.2 Å². The molecule has 0 spiro atoms. The van der Waals surface area contributed by atoms with Crippen molar-refractivity contribution in [2.24, 2.45) is 0 Å². The third-order valence-corrected chi connectivity index (χ3v) is 4.36. The van der Waals surface area contributed by atoms with Gasteiger partial charge in [0.2, 0.25) is 0 Å². The summed E-state index contributed by atoms with van der Waals surface area (Å²) >= 11 is 9.39. The molecule has 1 aliphatic carbocycles. The van der Waals surface area contributed by atoms with Gasteiger partial charge in [0.15, 0.2) is 5.82 Å². The van der Waals surface area contributed by atoms with Gasteiger partial charge in [0.1, 0.15) is 5.82 Å². The van der Waals surface area contributed by atoms with Crippen LogP contribution in [0.1, 0.15) is 17.7 Å². The second kappa shape index (κ2) is 4.52. The van der Waals surface area contributed by atoms with E-state index in [-0.39, 0.29) is 0 Å². The Bertz CT molecular complexity index is 628. The lowest BCUT2D eigenvalue weighted by Gasteiger charge is -2.07. The van der Waals surface area contributed by atoms with Crippen molar-refractivity contribution in [1.82, 2.24) is 9.97 Å². The molecule has 3 nitrogen and oxygen atoms in total. The Morgan fingerprint density at radius 2 is 2.06 bits per heavy atom. The molecule has 0 amide bonds. The minimum absolute atomic E-state index is 0.610. The fraction of sp³-hybridized carbons (Fsp3) is 0.231. The van der Waals surface area contributed by atoms with E-state index < -0.39 is 0 Å². The summed E-state index contributed by atoms with van der Waals surface area (Å²) in [5.41, 5.74) is 9.12. The van der Waals surface area contributed by atoms with Gasteiger partial charge in [-0.1, -0.05) is 11.6 Å². The molecule has 1 heterocycles. The van der Waals surface area contributed by atoms with Crippen LogP contribution < -0.4 is 5.73 Å². The summed E-state index contributed by atoms with van der Waals surface area (Å²) < 4.78 is 0.837. The first-order valence-electron chi connectivity index (χ1n) is 5.76. The molecule has 0 bridgehead atoms. The van der Waals surface area contributed by atoms with Crippen LogP contribution in [0.2, 0.25) is 5.02 Å². The zero-order chi connectivity index (χ0) is 12.7. The summed E-state index contributed by atoms with van der Waals surface area (Å²) in [5, 5.41) is 0.674. The number of fused-ring (bicyclic) bond motifs is 1. The smallest absolute Gasteiger partial charge is 0.161 e. The molecule has 0 fully saturated rings. The number of nitrogens with zero attached hydrogens (tertiary/aromatic N) is 2. The van der Waals surface area contributed by atoms with Gasteiger partial charge in [0, 0.05) is 21.3 Å². The van der Waals surface area contributed by atoms with E-state index in [1.54, 1.807) is 0 Å². The maximum absolute atomic E-state index is 5.99. The first kappa shape index (κ1) is 11.9. The lowest BCUT2D eigenvalue weighted by atomic mass is 10.2. The fourth-order valence-electron chi connectivity index (χ4n) is 2.23. The Kier molecular flexibility index (Phi) is 2.99. The maximum Gasteiger partial charge on any atom is 0.161 e. The first-order chi connectivity index (χ1) is 8.65. The topological polar surface area (TPSA) is 51.8 Å². The Morgan fingerprint density at radius 3 is 2.83 bits per heavy atom. The van der Waals surface area contributed by atoms with E-state index in [2.05, 4.69) is 25.9 Å². The van der Waals surface area contributed by atoms with Crippen molar-refractivity contribution >= 4 is 33.3 Å². The predicted octanol–water partition coefficient (Wildman–Crippen LogP) is 3.63. The SMILES string of the molecule is Nc1nc(-c2ccc(Cl)c(Br)c2)nc2c1CCC2. The molecular weight excluding hydrogens is 314 g/mol. The van der Waals surface area contributed by atoms with Crippen molar-refractivity contribution in [1.29, 1.82) is 0 Å². The van der Waals surface area contributed by atoms with Crippen LogP contribution in [-0.2, 0) is 12.8 Å². The van der Waals surface area contributed by atoms with Gasteiger partial charge < -0.3 is 5.73 Å². The van der Waals surface area contributed by atoms with Crippen molar-refractivity contribution in [2.75, 3.05) is 5.73 Å². The molecule has 0 unspecified atom stereocenters. The molecule has 5 heteroatoms. The summed E-state index contributed by atoms with van der Waals surface area (Å²) in [6, 6.07) is 5.65. The highest BCUT2D eigenvalue weighted by Crippen LogP contribution is 2.30. The van der Waals surface area contributed by atoms with Gasteiger partial charge >= 0.3 is 0 Å². The van der Waals surface area contributed by atoms with Crippen molar-refractivity contribution in [2.45, 2.75) is 19.3 Å². The molecule has 3 rings (SSSR count). The first-order valence-corrected chi connectivity index (χ1v) is 6.93. The quantitative estimate of drug-likeness (QED) is 0.871. The van der Waals surface area contributed by atoms with Crippen LogP contribution in [0.25, 0.3) is 11.4 Å². The Labute approximate surface area is 119 Å². The summed E-state index contributed by atoms with van der Waals surface area (Å²) in [6.07, 6.45) is 3.09. The predicted molar refractivity (Wildman–Crippen MR) is 76.6 cm³/mol. The van der Waals surface area contributed by atoms with Gasteiger partial charge in [-0.15, -0.1) is 0 Å². The molecule has 0 aliphatic heterocycles. The number of rotatable bonds is 1. The van der Waals surface area contributed by atoms with E-state index >= 15 is 0 Å². The normalized spacial score (nSPS) is 13.7. The molecule has 0 atom stereocenters. The van der Waals surface area contributed by atoms with Gasteiger partial charge in [-0.2, -0.15) is 0 Å². The van der Waals surface area contributed by atoms with Crippen LogP contribution in [0.15, 0.2) is 22.7 Å². The van der Waals surface area contributed by atoms with Crippen LogP contribution in [0, 0.1) is 0 Å². The molecular formula is C13H11BrClN3. The van der Waals surface area contributed by atoms with E-state index in [9.17, 15) is 0 Å². The van der Waals surface area contributed by atoms with Crippen molar-refractivity contribution < 1.29 is 0 Å². The van der Waals surface area contributed by atoms with Gasteiger partial charge in [-0.3, -0.25) is 0 Å². The summed E-state index contributed by atoms with van der Waals surface area (Å²) in [7, 11) is 0. The third-order valence-electron chi connectivity index (χ3n) is 3.14. The number of anilines is 1. The summed E-state index contributed by atoms with van der Waals surface area (Å²) in [5.74, 6) is 1.28. The molecule has 0 radical (unpaired) electrons. The zero-order valence-corrected chi connectivity index (χ0v) is 11.9. The third kappa shape index (κ3) is 1.99. The average molecular weight is 325 g/mol. The Morgan fingerprint density at radius 1 is 1.22 bits per heavy atom. The minimum Gasteiger partial charge on any atom is -0.383 e. The van der Waals surface area contributed by atoms with E-state index in [1.165, 1.54) is 0 Å². The molecule has 92 valence electrons. The molecule has 0 saturated carbocycles. The number of hydrogen-bond donors (Lipinski definition) is 1. The lowest BCUT2D eigenvalue weighted by Crippen LogP contribution is -2.02. The largest absolute Gasteiger partial charge is 0.383 e. The van der Waals surface area contributed by atoms with Crippen LogP contribution in [0.5, 0.6) is 0 Å². The highest BCUT2D eigenvalue weighted by atomic mass is 79.9. The number of benzene rings is 1. The molecule has 18 heavy (non-hydrogen) atoms. The number of hydrogen-bond acceptors (Lipinski definition) is 3. The number of halogens is 2. The highest BCUT2D eigenvalue weighted by molar-refractivity contribution is 9.10. The standard InChI is InChI=1S/C13H11BrClN3/c14-9-6-7(4-5-10(9)15)13-17-11-3-1-2-8(11)12(16)18-13/h4-6H,1-3H2,(H2,16,17,18). The fourth-order valence-corrected chi connectivity index (χ4v) is 2.72. The van der Waals surface area contributed by atoms with Crippen LogP contribution in [0.3, 0.4) is 0 Å². The number of aromatic nitrogens is 2. The molecule has 1 aromatic carbocycles. The molecule has 2 aromatic rings. The van der Waals surface area contributed by atoms with Crippen LogP contribution in [-0.4, -0.2) is 9.97 Å². The van der Waals surface area contributed by atoms with Gasteiger partial charge in [-0.05, 0) is 53.4 Å². The maximum atomic E-state index is 5.99. The Hall–Kier alpha value is -1.13.